The third-order valence-electron chi connectivity index (χ3n) is 5.87. The second kappa shape index (κ2) is 6.67. The summed E-state index contributed by atoms with van der Waals surface area (Å²) in [6, 6.07) is 18.8. The zero-order valence-electron chi connectivity index (χ0n) is 16.7. The van der Waals surface area contributed by atoms with E-state index in [2.05, 4.69) is 51.8 Å². The smallest absolute Gasteiger partial charge is 0.254 e. The normalized spacial score (nSPS) is 15.3. The van der Waals surface area contributed by atoms with Crippen molar-refractivity contribution in [2.45, 2.75) is 31.7 Å². The summed E-state index contributed by atoms with van der Waals surface area (Å²) in [5.41, 5.74) is 11.5. The van der Waals surface area contributed by atoms with Crippen LogP contribution in [-0.2, 0) is 5.54 Å². The first-order valence-electron chi connectivity index (χ1n) is 9.99. The number of hydrogen-bond donors (Lipinski definition) is 2. The number of benzene rings is 2. The number of aryl methyl sites for hydroxylation is 1. The number of fused-ring (bicyclic) bond motifs is 1. The maximum Gasteiger partial charge on any atom is 0.254 e. The highest BCUT2D eigenvalue weighted by atomic mass is 15.4. The van der Waals surface area contributed by atoms with Crippen LogP contribution in [0.5, 0.6) is 0 Å². The van der Waals surface area contributed by atoms with Crippen LogP contribution in [-0.4, -0.2) is 26.6 Å². The number of anilines is 1. The van der Waals surface area contributed by atoms with Gasteiger partial charge in [-0.05, 0) is 37.3 Å². The Morgan fingerprint density at radius 2 is 1.69 bits per heavy atom. The highest BCUT2D eigenvalue weighted by Crippen LogP contribution is 2.41. The van der Waals surface area contributed by atoms with E-state index in [1.165, 1.54) is 12.0 Å². The summed E-state index contributed by atoms with van der Waals surface area (Å²) in [4.78, 5) is 9.40. The Balaban J connectivity index is 1.74. The summed E-state index contributed by atoms with van der Waals surface area (Å²) < 4.78 is 1.78. The summed E-state index contributed by atoms with van der Waals surface area (Å²) in [5.74, 6) is 2.14. The van der Waals surface area contributed by atoms with Crippen molar-refractivity contribution in [2.75, 3.05) is 12.4 Å². The van der Waals surface area contributed by atoms with Gasteiger partial charge in [0.25, 0.3) is 5.78 Å². The minimum Gasteiger partial charge on any atom is -0.372 e. The van der Waals surface area contributed by atoms with E-state index in [1.54, 1.807) is 4.52 Å². The molecule has 0 unspecified atom stereocenters. The number of nitrogens with one attached hydrogen (secondary N) is 1. The molecule has 6 heteroatoms. The van der Waals surface area contributed by atoms with Crippen molar-refractivity contribution in [1.29, 1.82) is 0 Å². The molecule has 2 heterocycles. The molecule has 2 aromatic heterocycles. The highest BCUT2D eigenvalue weighted by Gasteiger charge is 2.34. The summed E-state index contributed by atoms with van der Waals surface area (Å²) in [7, 11) is 1.90. The molecule has 0 amide bonds. The van der Waals surface area contributed by atoms with Gasteiger partial charge in [0.1, 0.15) is 11.6 Å². The number of nitrogens with two attached hydrogens (primary N) is 1. The molecule has 1 aliphatic carbocycles. The van der Waals surface area contributed by atoms with Crippen molar-refractivity contribution >= 4 is 11.6 Å². The van der Waals surface area contributed by atoms with Gasteiger partial charge in [-0.3, -0.25) is 0 Å². The predicted octanol–water partition coefficient (Wildman–Crippen LogP) is 4.15. The Kier molecular flexibility index (Phi) is 4.10. The summed E-state index contributed by atoms with van der Waals surface area (Å²) in [6.45, 7) is 1.88. The molecule has 0 spiro atoms. The molecule has 1 saturated carbocycles. The van der Waals surface area contributed by atoms with Crippen LogP contribution in [0.2, 0.25) is 0 Å². The predicted molar refractivity (Wildman–Crippen MR) is 116 cm³/mol. The Bertz CT molecular complexity index is 1170. The van der Waals surface area contributed by atoms with Crippen LogP contribution < -0.4 is 11.1 Å². The molecule has 0 saturated heterocycles. The monoisotopic (exact) mass is 384 g/mol. The van der Waals surface area contributed by atoms with Crippen molar-refractivity contribution in [1.82, 2.24) is 19.6 Å². The topological polar surface area (TPSA) is 81.1 Å². The molecule has 1 fully saturated rings. The number of nitrogens with zero attached hydrogens (tertiary/aromatic N) is 4. The van der Waals surface area contributed by atoms with Crippen LogP contribution in [0.3, 0.4) is 0 Å². The van der Waals surface area contributed by atoms with E-state index in [1.807, 2.05) is 32.2 Å². The van der Waals surface area contributed by atoms with Crippen molar-refractivity contribution in [3.8, 4) is 22.4 Å². The van der Waals surface area contributed by atoms with Crippen LogP contribution in [0, 0.1) is 6.92 Å². The average molecular weight is 384 g/mol. The first-order chi connectivity index (χ1) is 14.1. The van der Waals surface area contributed by atoms with Gasteiger partial charge in [-0.25, -0.2) is 4.98 Å². The van der Waals surface area contributed by atoms with Gasteiger partial charge in [-0.2, -0.15) is 9.50 Å². The molecule has 0 bridgehead atoms. The van der Waals surface area contributed by atoms with E-state index in [-0.39, 0.29) is 5.54 Å². The Morgan fingerprint density at radius 3 is 2.31 bits per heavy atom. The second-order valence-corrected chi connectivity index (χ2v) is 7.76. The maximum atomic E-state index is 6.51. The molecular formula is C23H24N6. The standard InChI is InChI=1S/C23H24N6/c1-15-26-22-27-20(17-9-11-18(12-10-17)23(24)13-6-14-23)19(16-7-4-3-5-8-16)21(25-2)29(22)28-15/h3-5,7-12,25H,6,13-14,24H2,1-2H3. The molecule has 0 aliphatic heterocycles. The maximum absolute atomic E-state index is 6.51. The minimum absolute atomic E-state index is 0.168. The quantitative estimate of drug-likeness (QED) is 0.552. The van der Waals surface area contributed by atoms with E-state index in [9.17, 15) is 0 Å². The van der Waals surface area contributed by atoms with E-state index in [0.717, 1.165) is 41.0 Å². The molecule has 0 radical (unpaired) electrons. The molecule has 4 aromatic rings. The lowest BCUT2D eigenvalue weighted by molar-refractivity contribution is 0.253. The largest absolute Gasteiger partial charge is 0.372 e. The van der Waals surface area contributed by atoms with Crippen LogP contribution in [0.1, 0.15) is 30.7 Å². The molecular weight excluding hydrogens is 360 g/mol. The summed E-state index contributed by atoms with van der Waals surface area (Å²) >= 11 is 0. The molecule has 1 aliphatic rings. The van der Waals surface area contributed by atoms with Crippen molar-refractivity contribution < 1.29 is 0 Å². The first kappa shape index (κ1) is 17.8. The van der Waals surface area contributed by atoms with Gasteiger partial charge in [0, 0.05) is 18.2 Å². The van der Waals surface area contributed by atoms with E-state index in [4.69, 9.17) is 10.7 Å². The molecule has 5 rings (SSSR count). The van der Waals surface area contributed by atoms with Crippen LogP contribution in [0.25, 0.3) is 28.2 Å². The number of rotatable bonds is 4. The van der Waals surface area contributed by atoms with Crippen LogP contribution >= 0.6 is 0 Å². The lowest BCUT2D eigenvalue weighted by Crippen LogP contribution is -2.43. The van der Waals surface area contributed by atoms with E-state index in [0.29, 0.717) is 11.6 Å². The molecule has 3 N–H and O–H groups in total. The van der Waals surface area contributed by atoms with Gasteiger partial charge >= 0.3 is 0 Å². The van der Waals surface area contributed by atoms with E-state index >= 15 is 0 Å². The van der Waals surface area contributed by atoms with Crippen molar-refractivity contribution in [3.63, 3.8) is 0 Å². The number of hydrogen-bond acceptors (Lipinski definition) is 5. The lowest BCUT2D eigenvalue weighted by Gasteiger charge is -2.38. The van der Waals surface area contributed by atoms with Crippen molar-refractivity contribution in [2.24, 2.45) is 5.73 Å². The third kappa shape index (κ3) is 2.87. The zero-order valence-corrected chi connectivity index (χ0v) is 16.7. The SMILES string of the molecule is CNc1c(-c2ccccc2)c(-c2ccc(C3(N)CCC3)cc2)nc2nc(C)nn12. The van der Waals surface area contributed by atoms with Crippen LogP contribution in [0.4, 0.5) is 5.82 Å². The second-order valence-electron chi connectivity index (χ2n) is 7.76. The Morgan fingerprint density at radius 1 is 0.966 bits per heavy atom. The fraction of sp³-hybridized carbons (Fsp3) is 0.261. The van der Waals surface area contributed by atoms with Crippen LogP contribution in [0.15, 0.2) is 54.6 Å². The minimum atomic E-state index is -0.168. The fourth-order valence-corrected chi connectivity index (χ4v) is 4.12. The average Bonchev–Trinajstić information content (AvgIpc) is 3.11. The van der Waals surface area contributed by atoms with Gasteiger partial charge in [0.15, 0.2) is 0 Å². The molecule has 2 aromatic carbocycles. The van der Waals surface area contributed by atoms with Gasteiger partial charge < -0.3 is 11.1 Å². The molecule has 29 heavy (non-hydrogen) atoms. The van der Waals surface area contributed by atoms with E-state index < -0.39 is 0 Å². The summed E-state index contributed by atoms with van der Waals surface area (Å²) in [5, 5.41) is 7.85. The van der Waals surface area contributed by atoms with Gasteiger partial charge in [0.05, 0.1) is 11.3 Å². The Hall–Kier alpha value is -3.25. The van der Waals surface area contributed by atoms with Gasteiger partial charge in [-0.15, -0.1) is 5.10 Å². The number of aromatic nitrogens is 4. The summed E-state index contributed by atoms with van der Waals surface area (Å²) in [6.07, 6.45) is 3.30. The zero-order chi connectivity index (χ0) is 20.0. The molecule has 0 atom stereocenters. The van der Waals surface area contributed by atoms with Gasteiger partial charge in [0.2, 0.25) is 0 Å². The third-order valence-corrected chi connectivity index (χ3v) is 5.87. The Labute approximate surface area is 169 Å². The first-order valence-corrected chi connectivity index (χ1v) is 9.99. The fourth-order valence-electron chi connectivity index (χ4n) is 4.12. The lowest BCUT2D eigenvalue weighted by atomic mass is 9.72. The molecule has 6 nitrogen and oxygen atoms in total. The highest BCUT2D eigenvalue weighted by molar-refractivity contribution is 5.89. The van der Waals surface area contributed by atoms with Gasteiger partial charge in [-0.1, -0.05) is 54.6 Å². The van der Waals surface area contributed by atoms with Crippen molar-refractivity contribution in [3.05, 3.63) is 66.0 Å². The molecule has 146 valence electrons.